The van der Waals surface area contributed by atoms with Gasteiger partial charge in [-0.15, -0.1) is 0 Å². The van der Waals surface area contributed by atoms with Gasteiger partial charge in [-0.3, -0.25) is 15.1 Å². The lowest BCUT2D eigenvalue weighted by Crippen LogP contribution is -2.36. The van der Waals surface area contributed by atoms with Crippen molar-refractivity contribution in [1.82, 2.24) is 10.3 Å². The minimum Gasteiger partial charge on any atom is -0.326 e. The first-order chi connectivity index (χ1) is 14.0. The Labute approximate surface area is 171 Å². The summed E-state index contributed by atoms with van der Waals surface area (Å²) in [5.74, 6) is 0.635. The zero-order chi connectivity index (χ0) is 20.6. The molecule has 0 aliphatic carbocycles. The van der Waals surface area contributed by atoms with Crippen molar-refractivity contribution in [2.24, 2.45) is 4.99 Å². The van der Waals surface area contributed by atoms with Crippen LogP contribution in [-0.4, -0.2) is 16.9 Å². The van der Waals surface area contributed by atoms with E-state index in [1.165, 1.54) is 5.56 Å². The van der Waals surface area contributed by atoms with Gasteiger partial charge in [0.2, 0.25) is 5.96 Å². The number of aryl methyl sites for hydroxylation is 1. The lowest BCUT2D eigenvalue weighted by atomic mass is 10.0. The Morgan fingerprint density at radius 3 is 2.52 bits per heavy atom. The Morgan fingerprint density at radius 1 is 1.03 bits per heavy atom. The summed E-state index contributed by atoms with van der Waals surface area (Å²) in [5.41, 5.74) is 4.66. The maximum absolute atomic E-state index is 12.8. The number of amides is 1. The molecule has 0 saturated heterocycles. The SMILES string of the molecule is Cc1ccccc1C(=O)NC(=NCc1ccncc1)Nc1cccc(C(C)C)c1. The maximum Gasteiger partial charge on any atom is 0.258 e. The molecule has 0 saturated carbocycles. The van der Waals surface area contributed by atoms with Crippen LogP contribution in [0.25, 0.3) is 0 Å². The lowest BCUT2D eigenvalue weighted by molar-refractivity contribution is 0.0976. The van der Waals surface area contributed by atoms with Gasteiger partial charge >= 0.3 is 0 Å². The molecule has 148 valence electrons. The highest BCUT2D eigenvalue weighted by atomic mass is 16.1. The molecule has 3 aromatic rings. The summed E-state index contributed by atoms with van der Waals surface area (Å²) in [5, 5.41) is 6.19. The van der Waals surface area contributed by atoms with E-state index in [1.54, 1.807) is 12.4 Å². The van der Waals surface area contributed by atoms with Gasteiger partial charge in [-0.2, -0.15) is 0 Å². The Bertz CT molecular complexity index is 997. The maximum atomic E-state index is 12.8. The second-order valence-corrected chi connectivity index (χ2v) is 7.19. The Hall–Kier alpha value is -3.47. The predicted molar refractivity (Wildman–Crippen MR) is 118 cm³/mol. The van der Waals surface area contributed by atoms with Gasteiger partial charge in [0.1, 0.15) is 0 Å². The average molecular weight is 386 g/mol. The van der Waals surface area contributed by atoms with E-state index in [2.05, 4.69) is 46.6 Å². The first-order valence-electron chi connectivity index (χ1n) is 9.70. The Kier molecular flexibility index (Phi) is 6.74. The molecule has 5 heteroatoms. The zero-order valence-corrected chi connectivity index (χ0v) is 17.0. The van der Waals surface area contributed by atoms with Gasteiger partial charge in [-0.25, -0.2) is 4.99 Å². The van der Waals surface area contributed by atoms with Gasteiger partial charge < -0.3 is 5.32 Å². The Morgan fingerprint density at radius 2 is 1.79 bits per heavy atom. The summed E-state index contributed by atoms with van der Waals surface area (Å²) in [4.78, 5) is 21.4. The summed E-state index contributed by atoms with van der Waals surface area (Å²) >= 11 is 0. The van der Waals surface area contributed by atoms with Crippen molar-refractivity contribution in [1.29, 1.82) is 0 Å². The molecule has 0 aliphatic rings. The van der Waals surface area contributed by atoms with Crippen LogP contribution in [0.3, 0.4) is 0 Å². The van der Waals surface area contributed by atoms with Crippen molar-refractivity contribution in [3.8, 4) is 0 Å². The van der Waals surface area contributed by atoms with Crippen LogP contribution < -0.4 is 10.6 Å². The molecule has 0 radical (unpaired) electrons. The molecule has 0 spiro atoms. The molecule has 1 amide bonds. The van der Waals surface area contributed by atoms with Crippen LogP contribution in [0.5, 0.6) is 0 Å². The molecular weight excluding hydrogens is 360 g/mol. The van der Waals surface area contributed by atoms with Gasteiger partial charge in [-0.1, -0.05) is 44.2 Å². The number of aliphatic imine (C=N–C) groups is 1. The third kappa shape index (κ3) is 5.75. The summed E-state index contributed by atoms with van der Waals surface area (Å²) in [6.45, 7) is 6.65. The highest BCUT2D eigenvalue weighted by Crippen LogP contribution is 2.18. The largest absolute Gasteiger partial charge is 0.326 e. The quantitative estimate of drug-likeness (QED) is 0.483. The van der Waals surface area contributed by atoms with E-state index in [0.29, 0.717) is 24.0 Å². The summed E-state index contributed by atoms with van der Waals surface area (Å²) in [7, 11) is 0. The van der Waals surface area contributed by atoms with E-state index in [9.17, 15) is 4.79 Å². The fourth-order valence-corrected chi connectivity index (χ4v) is 2.88. The van der Waals surface area contributed by atoms with Crippen LogP contribution in [0.15, 0.2) is 78.0 Å². The molecule has 0 aliphatic heterocycles. The third-order valence-electron chi connectivity index (χ3n) is 4.61. The van der Waals surface area contributed by atoms with Gasteiger partial charge in [-0.05, 0) is 59.9 Å². The van der Waals surface area contributed by atoms with Crippen molar-refractivity contribution < 1.29 is 4.79 Å². The Balaban J connectivity index is 1.84. The standard InChI is InChI=1S/C24H26N4O/c1-17(2)20-8-6-9-21(15-20)27-24(26-16-19-11-13-25-14-12-19)28-23(29)22-10-5-4-7-18(22)3/h4-15,17H,16H2,1-3H3,(H2,26,27,28,29). The predicted octanol–water partition coefficient (Wildman–Crippen LogP) is 4.91. The molecule has 5 nitrogen and oxygen atoms in total. The van der Waals surface area contributed by atoms with Crippen LogP contribution >= 0.6 is 0 Å². The number of pyridine rings is 1. The highest BCUT2D eigenvalue weighted by Gasteiger charge is 2.12. The highest BCUT2D eigenvalue weighted by molar-refractivity contribution is 6.10. The molecule has 0 bridgehead atoms. The van der Waals surface area contributed by atoms with Gasteiger partial charge in [0.15, 0.2) is 0 Å². The molecule has 2 N–H and O–H groups in total. The van der Waals surface area contributed by atoms with Crippen molar-refractivity contribution in [2.45, 2.75) is 33.2 Å². The number of hydrogen-bond acceptors (Lipinski definition) is 3. The van der Waals surface area contributed by atoms with Crippen LogP contribution in [0, 0.1) is 6.92 Å². The van der Waals surface area contributed by atoms with E-state index in [1.807, 2.05) is 55.5 Å². The number of aromatic nitrogens is 1. The number of nitrogens with one attached hydrogen (secondary N) is 2. The van der Waals surface area contributed by atoms with Crippen LogP contribution in [0.4, 0.5) is 5.69 Å². The minimum atomic E-state index is -0.191. The number of hydrogen-bond donors (Lipinski definition) is 2. The number of anilines is 1. The van der Waals surface area contributed by atoms with Crippen LogP contribution in [-0.2, 0) is 6.54 Å². The second-order valence-electron chi connectivity index (χ2n) is 7.19. The molecule has 0 atom stereocenters. The van der Waals surface area contributed by atoms with E-state index in [0.717, 1.165) is 16.8 Å². The lowest BCUT2D eigenvalue weighted by Gasteiger charge is -2.14. The van der Waals surface area contributed by atoms with E-state index < -0.39 is 0 Å². The number of benzene rings is 2. The fraction of sp³-hybridized carbons (Fsp3) is 0.208. The van der Waals surface area contributed by atoms with E-state index in [4.69, 9.17) is 0 Å². The van der Waals surface area contributed by atoms with Crippen molar-refractivity contribution in [3.63, 3.8) is 0 Å². The first kappa shape index (κ1) is 20.3. The van der Waals surface area contributed by atoms with Crippen molar-refractivity contribution >= 4 is 17.6 Å². The van der Waals surface area contributed by atoms with Crippen LogP contribution in [0.2, 0.25) is 0 Å². The molecule has 3 rings (SSSR count). The molecule has 29 heavy (non-hydrogen) atoms. The van der Waals surface area contributed by atoms with Crippen molar-refractivity contribution in [2.75, 3.05) is 5.32 Å². The number of carbonyl (C=O) groups is 1. The van der Waals surface area contributed by atoms with Gasteiger partial charge in [0, 0.05) is 23.6 Å². The number of nitrogens with zero attached hydrogens (tertiary/aromatic N) is 2. The normalized spacial score (nSPS) is 11.4. The van der Waals surface area contributed by atoms with Crippen LogP contribution in [0.1, 0.15) is 46.8 Å². The molecule has 2 aromatic carbocycles. The number of carbonyl (C=O) groups excluding carboxylic acids is 1. The zero-order valence-electron chi connectivity index (χ0n) is 17.0. The average Bonchev–Trinajstić information content (AvgIpc) is 2.73. The monoisotopic (exact) mass is 386 g/mol. The first-order valence-corrected chi connectivity index (χ1v) is 9.70. The topological polar surface area (TPSA) is 66.4 Å². The molecule has 1 heterocycles. The number of rotatable bonds is 5. The molecule has 1 aromatic heterocycles. The molecule has 0 fully saturated rings. The summed E-state index contributed by atoms with van der Waals surface area (Å²) in [6.07, 6.45) is 3.46. The van der Waals surface area contributed by atoms with E-state index in [-0.39, 0.29) is 5.91 Å². The summed E-state index contributed by atoms with van der Waals surface area (Å²) in [6, 6.07) is 19.5. The molecule has 0 unspecified atom stereocenters. The number of guanidine groups is 1. The fourth-order valence-electron chi connectivity index (χ4n) is 2.88. The smallest absolute Gasteiger partial charge is 0.258 e. The third-order valence-corrected chi connectivity index (χ3v) is 4.61. The van der Waals surface area contributed by atoms with E-state index >= 15 is 0 Å². The minimum absolute atomic E-state index is 0.191. The summed E-state index contributed by atoms with van der Waals surface area (Å²) < 4.78 is 0. The van der Waals surface area contributed by atoms with Gasteiger partial charge in [0.05, 0.1) is 6.54 Å². The molecular formula is C24H26N4O. The van der Waals surface area contributed by atoms with Gasteiger partial charge in [0.25, 0.3) is 5.91 Å². The second kappa shape index (κ2) is 9.64. The van der Waals surface area contributed by atoms with Crippen molar-refractivity contribution in [3.05, 3.63) is 95.3 Å².